The molecule has 0 bridgehead atoms. The molecule has 0 spiro atoms. The first-order chi connectivity index (χ1) is 8.58. The van der Waals surface area contributed by atoms with Crippen LogP contribution >= 0.6 is 0 Å². The van der Waals surface area contributed by atoms with Crippen molar-refractivity contribution in [1.29, 1.82) is 0 Å². The SMILES string of the molecule is CC(C)CNC(=O)CCNCc1cncc(F)c1. The van der Waals surface area contributed by atoms with Crippen LogP contribution in [0.2, 0.25) is 0 Å². The van der Waals surface area contributed by atoms with Crippen LogP contribution in [0.4, 0.5) is 4.39 Å². The molecule has 5 heteroatoms. The van der Waals surface area contributed by atoms with E-state index in [1.807, 2.05) is 0 Å². The molecule has 0 fully saturated rings. The first-order valence-electron chi connectivity index (χ1n) is 6.14. The summed E-state index contributed by atoms with van der Waals surface area (Å²) in [4.78, 5) is 15.1. The number of nitrogens with one attached hydrogen (secondary N) is 2. The Morgan fingerprint density at radius 1 is 1.44 bits per heavy atom. The number of halogens is 1. The normalized spacial score (nSPS) is 10.7. The van der Waals surface area contributed by atoms with E-state index in [4.69, 9.17) is 0 Å². The molecule has 0 unspecified atom stereocenters. The molecule has 0 aromatic carbocycles. The van der Waals surface area contributed by atoms with Crippen LogP contribution in [-0.2, 0) is 11.3 Å². The summed E-state index contributed by atoms with van der Waals surface area (Å²) in [5, 5.41) is 5.92. The summed E-state index contributed by atoms with van der Waals surface area (Å²) >= 11 is 0. The van der Waals surface area contributed by atoms with Crippen LogP contribution in [0.25, 0.3) is 0 Å². The van der Waals surface area contributed by atoms with Crippen LogP contribution in [0.5, 0.6) is 0 Å². The molecule has 0 atom stereocenters. The molecule has 4 nitrogen and oxygen atoms in total. The van der Waals surface area contributed by atoms with Crippen LogP contribution in [0, 0.1) is 11.7 Å². The average Bonchev–Trinajstić information content (AvgIpc) is 2.32. The maximum absolute atomic E-state index is 12.8. The minimum Gasteiger partial charge on any atom is -0.356 e. The standard InChI is InChI=1S/C13H20FN3O/c1-10(2)6-17-13(18)3-4-15-7-11-5-12(14)9-16-8-11/h5,8-10,15H,3-4,6-7H2,1-2H3,(H,17,18). The number of carbonyl (C=O) groups is 1. The molecule has 0 aliphatic heterocycles. The van der Waals surface area contributed by atoms with Crippen molar-refractivity contribution in [2.24, 2.45) is 5.92 Å². The number of rotatable bonds is 7. The zero-order valence-corrected chi connectivity index (χ0v) is 10.9. The Labute approximate surface area is 107 Å². The van der Waals surface area contributed by atoms with Crippen LogP contribution in [0.15, 0.2) is 18.5 Å². The molecule has 100 valence electrons. The lowest BCUT2D eigenvalue weighted by Gasteiger charge is -2.08. The van der Waals surface area contributed by atoms with Crippen molar-refractivity contribution in [2.45, 2.75) is 26.8 Å². The third-order valence-corrected chi connectivity index (χ3v) is 2.33. The van der Waals surface area contributed by atoms with Crippen LogP contribution in [0.1, 0.15) is 25.8 Å². The number of aromatic nitrogens is 1. The Hall–Kier alpha value is -1.49. The van der Waals surface area contributed by atoms with E-state index in [1.165, 1.54) is 12.3 Å². The van der Waals surface area contributed by atoms with E-state index in [0.717, 1.165) is 5.56 Å². The second-order valence-corrected chi connectivity index (χ2v) is 4.64. The fourth-order valence-electron chi connectivity index (χ4n) is 1.39. The Morgan fingerprint density at radius 3 is 2.89 bits per heavy atom. The highest BCUT2D eigenvalue weighted by Gasteiger charge is 2.02. The van der Waals surface area contributed by atoms with Gasteiger partial charge in [0.25, 0.3) is 0 Å². The lowest BCUT2D eigenvalue weighted by atomic mass is 10.2. The monoisotopic (exact) mass is 253 g/mol. The summed E-state index contributed by atoms with van der Waals surface area (Å²) in [6.07, 6.45) is 3.20. The average molecular weight is 253 g/mol. The van der Waals surface area contributed by atoms with Crippen molar-refractivity contribution < 1.29 is 9.18 Å². The lowest BCUT2D eigenvalue weighted by Crippen LogP contribution is -2.30. The third kappa shape index (κ3) is 6.30. The van der Waals surface area contributed by atoms with Crippen molar-refractivity contribution >= 4 is 5.91 Å². The van der Waals surface area contributed by atoms with Crippen molar-refractivity contribution in [3.05, 3.63) is 29.8 Å². The molecule has 18 heavy (non-hydrogen) atoms. The Bertz CT molecular complexity index is 382. The Kier molecular flexibility index (Phi) is 6.28. The predicted molar refractivity (Wildman–Crippen MR) is 68.4 cm³/mol. The van der Waals surface area contributed by atoms with E-state index in [2.05, 4.69) is 29.5 Å². The number of hydrogen-bond donors (Lipinski definition) is 2. The van der Waals surface area contributed by atoms with Crippen LogP contribution < -0.4 is 10.6 Å². The zero-order chi connectivity index (χ0) is 13.4. The van der Waals surface area contributed by atoms with Crippen LogP contribution in [-0.4, -0.2) is 24.0 Å². The number of pyridine rings is 1. The maximum atomic E-state index is 12.8. The van der Waals surface area contributed by atoms with Gasteiger partial charge in [0.2, 0.25) is 5.91 Å². The minimum absolute atomic E-state index is 0.0357. The highest BCUT2D eigenvalue weighted by molar-refractivity contribution is 5.76. The number of nitrogens with zero attached hydrogens (tertiary/aromatic N) is 1. The van der Waals surface area contributed by atoms with Gasteiger partial charge in [0.05, 0.1) is 6.20 Å². The summed E-state index contributed by atoms with van der Waals surface area (Å²) < 4.78 is 12.8. The maximum Gasteiger partial charge on any atom is 0.221 e. The highest BCUT2D eigenvalue weighted by atomic mass is 19.1. The van der Waals surface area contributed by atoms with Gasteiger partial charge in [-0.1, -0.05) is 13.8 Å². The smallest absolute Gasteiger partial charge is 0.221 e. The van der Waals surface area contributed by atoms with E-state index in [0.29, 0.717) is 32.0 Å². The van der Waals surface area contributed by atoms with Gasteiger partial charge in [0, 0.05) is 32.3 Å². The molecule has 2 N–H and O–H groups in total. The molecule has 0 radical (unpaired) electrons. The van der Waals surface area contributed by atoms with Gasteiger partial charge < -0.3 is 10.6 Å². The molecule has 1 aromatic heterocycles. The minimum atomic E-state index is -0.344. The number of amides is 1. The Morgan fingerprint density at radius 2 is 2.22 bits per heavy atom. The molecule has 0 aliphatic rings. The van der Waals surface area contributed by atoms with Gasteiger partial charge in [-0.2, -0.15) is 0 Å². The largest absolute Gasteiger partial charge is 0.356 e. The second-order valence-electron chi connectivity index (χ2n) is 4.64. The number of hydrogen-bond acceptors (Lipinski definition) is 3. The quantitative estimate of drug-likeness (QED) is 0.724. The first-order valence-corrected chi connectivity index (χ1v) is 6.14. The second kappa shape index (κ2) is 7.76. The van der Waals surface area contributed by atoms with Gasteiger partial charge in [0.1, 0.15) is 5.82 Å². The summed E-state index contributed by atoms with van der Waals surface area (Å²) in [6, 6.07) is 1.43. The molecule has 1 amide bonds. The third-order valence-electron chi connectivity index (χ3n) is 2.33. The molecular weight excluding hydrogens is 233 g/mol. The fourth-order valence-corrected chi connectivity index (χ4v) is 1.39. The van der Waals surface area contributed by atoms with Gasteiger partial charge in [-0.3, -0.25) is 9.78 Å². The van der Waals surface area contributed by atoms with Gasteiger partial charge >= 0.3 is 0 Å². The lowest BCUT2D eigenvalue weighted by molar-refractivity contribution is -0.121. The van der Waals surface area contributed by atoms with Gasteiger partial charge in [-0.25, -0.2) is 4.39 Å². The van der Waals surface area contributed by atoms with Crippen molar-refractivity contribution in [2.75, 3.05) is 13.1 Å². The fraction of sp³-hybridized carbons (Fsp3) is 0.538. The molecule has 1 heterocycles. The molecule has 1 rings (SSSR count). The van der Waals surface area contributed by atoms with Gasteiger partial charge in [-0.05, 0) is 17.5 Å². The summed E-state index contributed by atoms with van der Waals surface area (Å²) in [5.74, 6) is 0.151. The molecule has 0 saturated heterocycles. The van der Waals surface area contributed by atoms with Crippen molar-refractivity contribution in [3.63, 3.8) is 0 Å². The summed E-state index contributed by atoms with van der Waals surface area (Å²) in [7, 11) is 0. The summed E-state index contributed by atoms with van der Waals surface area (Å²) in [6.45, 7) is 5.89. The van der Waals surface area contributed by atoms with E-state index in [9.17, 15) is 9.18 Å². The van der Waals surface area contributed by atoms with Gasteiger partial charge in [-0.15, -0.1) is 0 Å². The summed E-state index contributed by atoms with van der Waals surface area (Å²) in [5.41, 5.74) is 0.776. The Balaban J connectivity index is 2.13. The topological polar surface area (TPSA) is 54.0 Å². The van der Waals surface area contributed by atoms with Crippen molar-refractivity contribution in [1.82, 2.24) is 15.6 Å². The predicted octanol–water partition coefficient (Wildman–Crippen LogP) is 1.47. The molecular formula is C13H20FN3O. The van der Waals surface area contributed by atoms with Crippen molar-refractivity contribution in [3.8, 4) is 0 Å². The van der Waals surface area contributed by atoms with E-state index in [1.54, 1.807) is 6.20 Å². The first kappa shape index (κ1) is 14.6. The zero-order valence-electron chi connectivity index (χ0n) is 10.9. The number of carbonyl (C=O) groups excluding carboxylic acids is 1. The van der Waals surface area contributed by atoms with E-state index >= 15 is 0 Å². The van der Waals surface area contributed by atoms with E-state index < -0.39 is 0 Å². The molecule has 1 aromatic rings. The molecule has 0 saturated carbocycles. The van der Waals surface area contributed by atoms with Crippen LogP contribution in [0.3, 0.4) is 0 Å². The molecule has 0 aliphatic carbocycles. The van der Waals surface area contributed by atoms with Gasteiger partial charge in [0.15, 0.2) is 0 Å². The highest BCUT2D eigenvalue weighted by Crippen LogP contribution is 1.99. The van der Waals surface area contributed by atoms with E-state index in [-0.39, 0.29) is 11.7 Å².